The van der Waals surface area contributed by atoms with Gasteiger partial charge in [-0.25, -0.2) is 0 Å². The SMILES string of the molecule is C=C/C(=C\C)Oc1ccc2ccc(O)cc2c1. The molecule has 0 bridgehead atoms. The molecule has 0 amide bonds. The Balaban J connectivity index is 2.40. The number of ether oxygens (including phenoxy) is 1. The van der Waals surface area contributed by atoms with E-state index in [9.17, 15) is 5.11 Å². The maximum Gasteiger partial charge on any atom is 0.128 e. The second-order valence-electron chi connectivity index (χ2n) is 3.69. The third-order valence-corrected chi connectivity index (χ3v) is 2.52. The molecule has 0 atom stereocenters. The quantitative estimate of drug-likeness (QED) is 0.632. The normalized spacial score (nSPS) is 11.5. The molecule has 0 saturated heterocycles. The second-order valence-corrected chi connectivity index (χ2v) is 3.69. The van der Waals surface area contributed by atoms with Crippen molar-refractivity contribution < 1.29 is 9.84 Å². The first-order valence-corrected chi connectivity index (χ1v) is 5.42. The zero-order valence-electron chi connectivity index (χ0n) is 9.68. The highest BCUT2D eigenvalue weighted by molar-refractivity contribution is 5.85. The molecule has 2 rings (SSSR count). The van der Waals surface area contributed by atoms with Gasteiger partial charge in [0.15, 0.2) is 0 Å². The maximum absolute atomic E-state index is 9.43. The van der Waals surface area contributed by atoms with Crippen LogP contribution in [0.5, 0.6) is 11.5 Å². The number of allylic oxidation sites excluding steroid dienone is 2. The van der Waals surface area contributed by atoms with Gasteiger partial charge in [0.2, 0.25) is 0 Å². The average Bonchev–Trinajstić information content (AvgIpc) is 2.35. The zero-order valence-corrected chi connectivity index (χ0v) is 9.68. The maximum atomic E-state index is 9.43. The number of phenolic OH excluding ortho intramolecular Hbond substituents is 1. The lowest BCUT2D eigenvalue weighted by Gasteiger charge is -2.07. The van der Waals surface area contributed by atoms with Crippen LogP contribution in [0.1, 0.15) is 6.92 Å². The van der Waals surface area contributed by atoms with Gasteiger partial charge < -0.3 is 9.84 Å². The van der Waals surface area contributed by atoms with Gasteiger partial charge in [0.25, 0.3) is 0 Å². The summed E-state index contributed by atoms with van der Waals surface area (Å²) < 4.78 is 5.62. The van der Waals surface area contributed by atoms with E-state index in [1.807, 2.05) is 37.3 Å². The standard InChI is InChI=1S/C15H14O2/c1-3-14(4-2)17-15-8-6-11-5-7-13(16)9-12(11)10-15/h3-10,16H,1H2,2H3/b14-4+. The summed E-state index contributed by atoms with van der Waals surface area (Å²) in [6.07, 6.45) is 3.51. The minimum atomic E-state index is 0.254. The van der Waals surface area contributed by atoms with E-state index in [0.29, 0.717) is 5.76 Å². The number of hydrogen-bond acceptors (Lipinski definition) is 2. The molecule has 0 heterocycles. The summed E-state index contributed by atoms with van der Waals surface area (Å²) in [6.45, 7) is 5.56. The Morgan fingerprint density at radius 1 is 1.18 bits per heavy atom. The van der Waals surface area contributed by atoms with E-state index in [4.69, 9.17) is 4.74 Å². The lowest BCUT2D eigenvalue weighted by atomic mass is 10.1. The molecule has 86 valence electrons. The molecule has 2 heteroatoms. The Bertz CT molecular complexity index is 582. The van der Waals surface area contributed by atoms with Crippen LogP contribution in [-0.4, -0.2) is 5.11 Å². The number of rotatable bonds is 3. The molecule has 0 spiro atoms. The van der Waals surface area contributed by atoms with Crippen molar-refractivity contribution in [2.24, 2.45) is 0 Å². The lowest BCUT2D eigenvalue weighted by Crippen LogP contribution is -1.90. The largest absolute Gasteiger partial charge is 0.508 e. The van der Waals surface area contributed by atoms with Gasteiger partial charge in [-0.05, 0) is 54.1 Å². The highest BCUT2D eigenvalue weighted by atomic mass is 16.5. The molecule has 0 aliphatic rings. The van der Waals surface area contributed by atoms with Crippen LogP contribution in [0.3, 0.4) is 0 Å². The Morgan fingerprint density at radius 2 is 1.94 bits per heavy atom. The highest BCUT2D eigenvalue weighted by Gasteiger charge is 2.00. The van der Waals surface area contributed by atoms with Gasteiger partial charge in [-0.15, -0.1) is 0 Å². The molecule has 0 unspecified atom stereocenters. The summed E-state index contributed by atoms with van der Waals surface area (Å²) in [6, 6.07) is 11.0. The smallest absolute Gasteiger partial charge is 0.128 e. The molecule has 2 nitrogen and oxygen atoms in total. The first-order chi connectivity index (χ1) is 8.22. The summed E-state index contributed by atoms with van der Waals surface area (Å²) in [5, 5.41) is 11.4. The number of fused-ring (bicyclic) bond motifs is 1. The number of benzene rings is 2. The predicted molar refractivity (Wildman–Crippen MR) is 70.2 cm³/mol. The van der Waals surface area contributed by atoms with Crippen molar-refractivity contribution >= 4 is 10.8 Å². The van der Waals surface area contributed by atoms with E-state index >= 15 is 0 Å². The van der Waals surface area contributed by atoms with E-state index < -0.39 is 0 Å². The molecular formula is C15H14O2. The van der Waals surface area contributed by atoms with Gasteiger partial charge in [-0.3, -0.25) is 0 Å². The molecule has 0 saturated carbocycles. The molecule has 0 fully saturated rings. The second kappa shape index (κ2) is 4.74. The Morgan fingerprint density at radius 3 is 2.65 bits per heavy atom. The Labute approximate surface area is 100 Å². The van der Waals surface area contributed by atoms with Gasteiger partial charge in [-0.2, -0.15) is 0 Å². The van der Waals surface area contributed by atoms with E-state index in [1.165, 1.54) is 0 Å². The zero-order chi connectivity index (χ0) is 12.3. The molecule has 0 aliphatic carbocycles. The Kier molecular flexibility index (Phi) is 3.15. The van der Waals surface area contributed by atoms with E-state index in [-0.39, 0.29) is 5.75 Å². The van der Waals surface area contributed by atoms with Crippen molar-refractivity contribution in [2.75, 3.05) is 0 Å². The number of phenols is 1. The highest BCUT2D eigenvalue weighted by Crippen LogP contribution is 2.25. The molecule has 0 radical (unpaired) electrons. The van der Waals surface area contributed by atoms with Crippen LogP contribution >= 0.6 is 0 Å². The molecule has 0 aliphatic heterocycles. The summed E-state index contributed by atoms with van der Waals surface area (Å²) in [5.41, 5.74) is 0. The topological polar surface area (TPSA) is 29.5 Å². The fraction of sp³-hybridized carbons (Fsp3) is 0.0667. The first kappa shape index (κ1) is 11.3. The first-order valence-electron chi connectivity index (χ1n) is 5.42. The fourth-order valence-corrected chi connectivity index (χ4v) is 1.63. The molecule has 1 N–H and O–H groups in total. The fourth-order valence-electron chi connectivity index (χ4n) is 1.63. The minimum Gasteiger partial charge on any atom is -0.508 e. The molecule has 2 aromatic carbocycles. The van der Waals surface area contributed by atoms with Crippen LogP contribution in [0.25, 0.3) is 10.8 Å². The van der Waals surface area contributed by atoms with Crippen molar-refractivity contribution in [1.29, 1.82) is 0 Å². The third kappa shape index (κ3) is 2.48. The average molecular weight is 226 g/mol. The summed E-state index contributed by atoms with van der Waals surface area (Å²) in [4.78, 5) is 0. The van der Waals surface area contributed by atoms with Gasteiger partial charge >= 0.3 is 0 Å². The summed E-state index contributed by atoms with van der Waals surface area (Å²) in [7, 11) is 0. The van der Waals surface area contributed by atoms with Crippen molar-refractivity contribution in [3.8, 4) is 11.5 Å². The van der Waals surface area contributed by atoms with Gasteiger partial charge in [0.1, 0.15) is 17.3 Å². The van der Waals surface area contributed by atoms with Crippen LogP contribution in [0, 0.1) is 0 Å². The van der Waals surface area contributed by atoms with Crippen molar-refractivity contribution in [3.63, 3.8) is 0 Å². The van der Waals surface area contributed by atoms with Crippen molar-refractivity contribution in [3.05, 3.63) is 60.9 Å². The molecule has 17 heavy (non-hydrogen) atoms. The van der Waals surface area contributed by atoms with Crippen LogP contribution in [-0.2, 0) is 0 Å². The third-order valence-electron chi connectivity index (χ3n) is 2.52. The van der Waals surface area contributed by atoms with E-state index in [0.717, 1.165) is 16.5 Å². The van der Waals surface area contributed by atoms with Gasteiger partial charge in [-0.1, -0.05) is 18.7 Å². The van der Waals surface area contributed by atoms with Crippen molar-refractivity contribution in [2.45, 2.75) is 6.92 Å². The number of aromatic hydroxyl groups is 1. The van der Waals surface area contributed by atoms with Gasteiger partial charge in [0.05, 0.1) is 0 Å². The summed E-state index contributed by atoms with van der Waals surface area (Å²) in [5.74, 6) is 1.70. The predicted octanol–water partition coefficient (Wildman–Crippen LogP) is 4.01. The molecule has 0 aromatic heterocycles. The van der Waals surface area contributed by atoms with E-state index in [1.54, 1.807) is 18.2 Å². The molecular weight excluding hydrogens is 212 g/mol. The Hall–Kier alpha value is -2.22. The summed E-state index contributed by atoms with van der Waals surface area (Å²) >= 11 is 0. The van der Waals surface area contributed by atoms with Crippen LogP contribution in [0.2, 0.25) is 0 Å². The van der Waals surface area contributed by atoms with Crippen LogP contribution in [0.15, 0.2) is 60.9 Å². The lowest BCUT2D eigenvalue weighted by molar-refractivity contribution is 0.444. The van der Waals surface area contributed by atoms with E-state index in [2.05, 4.69) is 6.58 Å². The van der Waals surface area contributed by atoms with Crippen LogP contribution < -0.4 is 4.74 Å². The van der Waals surface area contributed by atoms with Crippen molar-refractivity contribution in [1.82, 2.24) is 0 Å². The minimum absolute atomic E-state index is 0.254. The van der Waals surface area contributed by atoms with Gasteiger partial charge in [0, 0.05) is 0 Å². The molecule has 2 aromatic rings. The monoisotopic (exact) mass is 226 g/mol. The number of hydrogen-bond donors (Lipinski definition) is 1. The van der Waals surface area contributed by atoms with Crippen LogP contribution in [0.4, 0.5) is 0 Å².